The minimum atomic E-state index is -0.234. The predicted molar refractivity (Wildman–Crippen MR) is 133 cm³/mol. The number of aromatic nitrogens is 3. The molecule has 6 rings (SSSR count). The lowest BCUT2D eigenvalue weighted by molar-refractivity contribution is 0.197. The molecule has 7 heteroatoms. The molecular weight excluding hydrogens is 426 g/mol. The first-order valence-corrected chi connectivity index (χ1v) is 11.4. The normalized spacial score (nSPS) is 14.1. The Morgan fingerprint density at radius 1 is 0.735 bits per heavy atom. The maximum atomic E-state index is 13.6. The standard InChI is InChI=1S/C27H23N5O2/c33-26-23-19-31(27(34)30-17-15-29(16-18-30)20-9-3-1-4-10-20)24-14-8-7-13-22(24)25(23)28-32(26)21-11-5-2-6-12-21/h1-14,19H,15-18H2. The van der Waals surface area contributed by atoms with Gasteiger partial charge in [0.15, 0.2) is 0 Å². The van der Waals surface area contributed by atoms with E-state index in [4.69, 9.17) is 0 Å². The Labute approximate surface area is 196 Å². The van der Waals surface area contributed by atoms with E-state index in [1.165, 1.54) is 10.4 Å². The van der Waals surface area contributed by atoms with Crippen molar-refractivity contribution in [3.63, 3.8) is 0 Å². The molecule has 3 aliphatic rings. The first-order valence-electron chi connectivity index (χ1n) is 11.4. The van der Waals surface area contributed by atoms with Crippen molar-refractivity contribution < 1.29 is 4.79 Å². The summed E-state index contributed by atoms with van der Waals surface area (Å²) in [6.07, 6.45) is 1.65. The quantitative estimate of drug-likeness (QED) is 0.407. The highest BCUT2D eigenvalue weighted by Crippen LogP contribution is 2.28. The molecular formula is C27H23N5O2. The molecule has 3 aliphatic heterocycles. The second kappa shape index (κ2) is 8.19. The van der Waals surface area contributed by atoms with E-state index < -0.39 is 0 Å². The van der Waals surface area contributed by atoms with E-state index in [9.17, 15) is 9.59 Å². The number of rotatable bonds is 2. The van der Waals surface area contributed by atoms with Gasteiger partial charge in [-0.3, -0.25) is 9.36 Å². The summed E-state index contributed by atoms with van der Waals surface area (Å²) in [7, 11) is 0. The van der Waals surface area contributed by atoms with Gasteiger partial charge in [-0.15, -0.1) is 0 Å². The van der Waals surface area contributed by atoms with Crippen molar-refractivity contribution in [1.82, 2.24) is 19.2 Å². The number of anilines is 1. The molecule has 0 saturated carbocycles. The van der Waals surface area contributed by atoms with Crippen molar-refractivity contribution in [2.45, 2.75) is 0 Å². The molecule has 3 aromatic rings. The van der Waals surface area contributed by atoms with Crippen LogP contribution in [0, 0.1) is 0 Å². The number of carbonyl (C=O) groups excluding carboxylic acids is 1. The minimum absolute atomic E-state index is 0.127. The molecule has 7 nitrogen and oxygen atoms in total. The Bertz CT molecular complexity index is 1500. The molecule has 0 unspecified atom stereocenters. The third-order valence-electron chi connectivity index (χ3n) is 6.43. The molecule has 1 saturated heterocycles. The predicted octanol–water partition coefficient (Wildman–Crippen LogP) is 4.08. The second-order valence-corrected chi connectivity index (χ2v) is 8.42. The molecule has 1 fully saturated rings. The van der Waals surface area contributed by atoms with Crippen molar-refractivity contribution in [2.24, 2.45) is 0 Å². The number of para-hydroxylation sites is 3. The molecule has 0 atom stereocenters. The first-order chi connectivity index (χ1) is 16.7. The molecule has 0 aromatic heterocycles. The first kappa shape index (κ1) is 20.2. The van der Waals surface area contributed by atoms with Gasteiger partial charge in [-0.2, -0.15) is 9.78 Å². The van der Waals surface area contributed by atoms with E-state index in [1.807, 2.05) is 77.7 Å². The van der Waals surface area contributed by atoms with Crippen LogP contribution in [0.2, 0.25) is 0 Å². The van der Waals surface area contributed by atoms with Crippen LogP contribution in [0.3, 0.4) is 0 Å². The molecule has 0 aliphatic carbocycles. The number of nitrogens with zero attached hydrogens (tertiary/aromatic N) is 5. The van der Waals surface area contributed by atoms with E-state index in [1.54, 1.807) is 10.8 Å². The number of benzene rings is 3. The fraction of sp³-hybridized carbons (Fsp3) is 0.148. The van der Waals surface area contributed by atoms with E-state index in [0.717, 1.165) is 24.0 Å². The number of piperazine rings is 1. The molecule has 168 valence electrons. The monoisotopic (exact) mass is 449 g/mol. The van der Waals surface area contributed by atoms with Crippen LogP contribution >= 0.6 is 0 Å². The van der Waals surface area contributed by atoms with Gasteiger partial charge in [0.1, 0.15) is 5.69 Å². The maximum Gasteiger partial charge on any atom is 0.328 e. The van der Waals surface area contributed by atoms with Crippen LogP contribution in [0.5, 0.6) is 0 Å². The molecule has 0 bridgehead atoms. The molecule has 0 radical (unpaired) electrons. The number of fused-ring (bicyclic) bond motifs is 3. The van der Waals surface area contributed by atoms with Gasteiger partial charge in [-0.25, -0.2) is 4.79 Å². The Morgan fingerprint density at radius 2 is 1.35 bits per heavy atom. The number of pyridine rings is 1. The molecule has 34 heavy (non-hydrogen) atoms. The summed E-state index contributed by atoms with van der Waals surface area (Å²) in [5.41, 5.74) is 3.40. The Balaban J connectivity index is 1.39. The van der Waals surface area contributed by atoms with E-state index in [2.05, 4.69) is 22.1 Å². The van der Waals surface area contributed by atoms with Crippen molar-refractivity contribution in [1.29, 1.82) is 0 Å². The lowest BCUT2D eigenvalue weighted by Crippen LogP contribution is -2.50. The van der Waals surface area contributed by atoms with Gasteiger partial charge in [0.05, 0.1) is 16.8 Å². The highest BCUT2D eigenvalue weighted by molar-refractivity contribution is 5.99. The summed E-state index contributed by atoms with van der Waals surface area (Å²) in [6, 6.07) is 27.1. The summed E-state index contributed by atoms with van der Waals surface area (Å²) in [5, 5.41) is 5.41. The lowest BCUT2D eigenvalue weighted by Gasteiger charge is -2.36. The summed E-state index contributed by atoms with van der Waals surface area (Å²) in [6.45, 7) is 2.74. The van der Waals surface area contributed by atoms with Crippen molar-refractivity contribution in [3.8, 4) is 16.9 Å². The van der Waals surface area contributed by atoms with Crippen molar-refractivity contribution >= 4 is 22.6 Å². The van der Waals surface area contributed by atoms with Gasteiger partial charge in [0.25, 0.3) is 5.56 Å². The molecule has 1 amide bonds. The van der Waals surface area contributed by atoms with Gasteiger partial charge in [-0.05, 0) is 30.3 Å². The van der Waals surface area contributed by atoms with Crippen molar-refractivity contribution in [3.05, 3.63) is 101 Å². The fourth-order valence-electron chi connectivity index (χ4n) is 4.66. The summed E-state index contributed by atoms with van der Waals surface area (Å²) in [5.74, 6) is 0. The zero-order chi connectivity index (χ0) is 23.1. The van der Waals surface area contributed by atoms with Gasteiger partial charge >= 0.3 is 6.03 Å². The number of carbonyl (C=O) groups is 1. The van der Waals surface area contributed by atoms with Crippen LogP contribution < -0.4 is 10.5 Å². The van der Waals surface area contributed by atoms with Crippen LogP contribution in [-0.2, 0) is 0 Å². The molecule has 0 spiro atoms. The topological polar surface area (TPSA) is 63.4 Å². The van der Waals surface area contributed by atoms with Crippen LogP contribution in [0.25, 0.3) is 27.8 Å². The average molecular weight is 450 g/mol. The average Bonchev–Trinajstić information content (AvgIpc) is 3.25. The summed E-state index contributed by atoms with van der Waals surface area (Å²) in [4.78, 5) is 31.0. The van der Waals surface area contributed by atoms with Crippen molar-refractivity contribution in [2.75, 3.05) is 31.1 Å². The second-order valence-electron chi connectivity index (χ2n) is 8.42. The number of hydrogen-bond acceptors (Lipinski definition) is 4. The van der Waals surface area contributed by atoms with E-state index in [-0.39, 0.29) is 11.6 Å². The largest absolute Gasteiger partial charge is 0.368 e. The highest BCUT2D eigenvalue weighted by atomic mass is 16.2. The molecule has 3 aromatic carbocycles. The molecule has 0 N–H and O–H groups in total. The van der Waals surface area contributed by atoms with Gasteiger partial charge in [-0.1, -0.05) is 54.6 Å². The fourth-order valence-corrected chi connectivity index (χ4v) is 4.66. The Hall–Kier alpha value is -4.39. The minimum Gasteiger partial charge on any atom is -0.368 e. The van der Waals surface area contributed by atoms with Gasteiger partial charge in [0.2, 0.25) is 0 Å². The van der Waals surface area contributed by atoms with Gasteiger partial charge < -0.3 is 9.80 Å². The van der Waals surface area contributed by atoms with Crippen LogP contribution in [0.1, 0.15) is 0 Å². The Kier molecular flexibility index (Phi) is 4.87. The van der Waals surface area contributed by atoms with E-state index >= 15 is 0 Å². The highest BCUT2D eigenvalue weighted by Gasteiger charge is 2.26. The van der Waals surface area contributed by atoms with Gasteiger partial charge in [0, 0.05) is 43.4 Å². The number of amides is 1. The SMILES string of the molecule is O=C(N1CCN(c2ccccc2)CC1)n1cc2c(=O)n(-c3ccccc3)nc-2c2ccccc21. The summed E-state index contributed by atoms with van der Waals surface area (Å²) < 4.78 is 3.01. The zero-order valence-electron chi connectivity index (χ0n) is 18.5. The lowest BCUT2D eigenvalue weighted by atomic mass is 10.1. The van der Waals surface area contributed by atoms with E-state index in [0.29, 0.717) is 30.0 Å². The van der Waals surface area contributed by atoms with Crippen LogP contribution in [0.15, 0.2) is 95.9 Å². The number of hydrogen-bond donors (Lipinski definition) is 0. The smallest absolute Gasteiger partial charge is 0.328 e. The van der Waals surface area contributed by atoms with Crippen LogP contribution in [0.4, 0.5) is 10.5 Å². The molecule has 3 heterocycles. The third kappa shape index (κ3) is 3.33. The van der Waals surface area contributed by atoms with Crippen LogP contribution in [-0.4, -0.2) is 51.5 Å². The summed E-state index contributed by atoms with van der Waals surface area (Å²) >= 11 is 0. The zero-order valence-corrected chi connectivity index (χ0v) is 18.5. The third-order valence-corrected chi connectivity index (χ3v) is 6.43. The maximum absolute atomic E-state index is 13.6. The Morgan fingerprint density at radius 3 is 2.06 bits per heavy atom.